The molecule has 0 radical (unpaired) electrons. The Labute approximate surface area is 172 Å². The summed E-state index contributed by atoms with van der Waals surface area (Å²) in [5.74, 6) is 0.619. The third-order valence-corrected chi connectivity index (χ3v) is 6.40. The first kappa shape index (κ1) is 17.8. The first-order chi connectivity index (χ1) is 14.3. The van der Waals surface area contributed by atoms with Crippen molar-refractivity contribution in [2.75, 3.05) is 0 Å². The van der Waals surface area contributed by atoms with Crippen LogP contribution < -0.4 is 5.32 Å². The van der Waals surface area contributed by atoms with Crippen LogP contribution >= 0.6 is 11.3 Å². The molecule has 1 aliphatic carbocycles. The number of carbonyl (C=O) groups is 1. The van der Waals surface area contributed by atoms with Crippen molar-refractivity contribution in [3.8, 4) is 21.9 Å². The molecule has 4 aromatic rings. The van der Waals surface area contributed by atoms with Crippen molar-refractivity contribution in [2.45, 2.75) is 25.3 Å². The molecule has 144 valence electrons. The molecule has 5 nitrogen and oxygen atoms in total. The molecular formula is C23H19N3O2S. The standard InChI is InChI=1S/C23H19N3O2S/c27-22(16-11-9-15(10-12-16)20-13-24-14-28-20)25-18-7-4-8-19-21(18)29-23(26-19)17-5-2-1-3-6-17/h1-3,5-6,9-14,18H,4,7-8H2,(H,25,27). The second kappa shape index (κ2) is 7.64. The summed E-state index contributed by atoms with van der Waals surface area (Å²) in [7, 11) is 0. The van der Waals surface area contributed by atoms with Crippen LogP contribution in [-0.2, 0) is 6.42 Å². The first-order valence-electron chi connectivity index (χ1n) is 9.63. The van der Waals surface area contributed by atoms with E-state index in [1.54, 1.807) is 17.5 Å². The second-order valence-corrected chi connectivity index (χ2v) is 8.09. The molecule has 0 saturated carbocycles. The van der Waals surface area contributed by atoms with Crippen LogP contribution in [0, 0.1) is 0 Å². The average Bonchev–Trinajstić information content (AvgIpc) is 3.45. The van der Waals surface area contributed by atoms with Gasteiger partial charge < -0.3 is 9.73 Å². The van der Waals surface area contributed by atoms with E-state index in [2.05, 4.69) is 22.4 Å². The van der Waals surface area contributed by atoms with E-state index in [0.29, 0.717) is 11.3 Å². The number of thiazole rings is 1. The quantitative estimate of drug-likeness (QED) is 0.506. The summed E-state index contributed by atoms with van der Waals surface area (Å²) in [6.45, 7) is 0. The van der Waals surface area contributed by atoms with E-state index in [9.17, 15) is 4.79 Å². The fourth-order valence-corrected chi connectivity index (χ4v) is 4.85. The molecule has 2 heterocycles. The SMILES string of the molecule is O=C(NC1CCCc2nc(-c3ccccc3)sc21)c1ccc(-c2cnco2)cc1. The number of oxazole rings is 1. The normalized spacial score (nSPS) is 15.7. The van der Waals surface area contributed by atoms with E-state index in [-0.39, 0.29) is 11.9 Å². The van der Waals surface area contributed by atoms with E-state index >= 15 is 0 Å². The fourth-order valence-electron chi connectivity index (χ4n) is 3.65. The molecule has 0 saturated heterocycles. The molecule has 5 rings (SSSR count). The monoisotopic (exact) mass is 401 g/mol. The van der Waals surface area contributed by atoms with Gasteiger partial charge in [0.15, 0.2) is 12.2 Å². The van der Waals surface area contributed by atoms with E-state index in [4.69, 9.17) is 9.40 Å². The molecule has 1 atom stereocenters. The Hall–Kier alpha value is -3.25. The number of carbonyl (C=O) groups excluding carboxylic acids is 1. The summed E-state index contributed by atoms with van der Waals surface area (Å²) >= 11 is 1.69. The van der Waals surface area contributed by atoms with E-state index in [0.717, 1.165) is 41.1 Å². The largest absolute Gasteiger partial charge is 0.444 e. The third kappa shape index (κ3) is 3.59. The highest BCUT2D eigenvalue weighted by Gasteiger charge is 2.26. The lowest BCUT2D eigenvalue weighted by Gasteiger charge is -2.22. The smallest absolute Gasteiger partial charge is 0.251 e. The molecule has 2 aromatic carbocycles. The van der Waals surface area contributed by atoms with E-state index in [1.807, 2.05) is 42.5 Å². The predicted octanol–water partition coefficient (Wildman–Crippen LogP) is 5.27. The van der Waals surface area contributed by atoms with Crippen molar-refractivity contribution in [1.29, 1.82) is 0 Å². The second-order valence-electron chi connectivity index (χ2n) is 7.06. The summed E-state index contributed by atoms with van der Waals surface area (Å²) in [6, 6.07) is 17.6. The number of aromatic nitrogens is 2. The molecular weight excluding hydrogens is 382 g/mol. The summed E-state index contributed by atoms with van der Waals surface area (Å²) in [4.78, 5) is 22.8. The molecule has 6 heteroatoms. The number of aryl methyl sites for hydroxylation is 1. The maximum Gasteiger partial charge on any atom is 0.251 e. The summed E-state index contributed by atoms with van der Waals surface area (Å²) < 4.78 is 5.30. The Kier molecular flexibility index (Phi) is 4.69. The molecule has 0 fully saturated rings. The number of hydrogen-bond donors (Lipinski definition) is 1. The van der Waals surface area contributed by atoms with Gasteiger partial charge in [-0.2, -0.15) is 0 Å². The van der Waals surface area contributed by atoms with Gasteiger partial charge in [0.25, 0.3) is 5.91 Å². The highest BCUT2D eigenvalue weighted by molar-refractivity contribution is 7.15. The van der Waals surface area contributed by atoms with Crippen LogP contribution in [0.5, 0.6) is 0 Å². The van der Waals surface area contributed by atoms with Gasteiger partial charge in [0, 0.05) is 16.7 Å². The van der Waals surface area contributed by atoms with Crippen molar-refractivity contribution in [3.05, 3.63) is 83.3 Å². The van der Waals surface area contributed by atoms with Crippen LogP contribution in [0.25, 0.3) is 21.9 Å². The maximum atomic E-state index is 12.8. The number of fused-ring (bicyclic) bond motifs is 1. The van der Waals surface area contributed by atoms with Gasteiger partial charge in [0.1, 0.15) is 5.01 Å². The van der Waals surface area contributed by atoms with Crippen LogP contribution in [-0.4, -0.2) is 15.9 Å². The summed E-state index contributed by atoms with van der Waals surface area (Å²) in [5, 5.41) is 4.23. The molecule has 1 amide bonds. The lowest BCUT2D eigenvalue weighted by Crippen LogP contribution is -2.30. The highest BCUT2D eigenvalue weighted by Crippen LogP contribution is 2.38. The Morgan fingerprint density at radius 3 is 2.66 bits per heavy atom. The van der Waals surface area contributed by atoms with E-state index in [1.165, 1.54) is 11.3 Å². The number of nitrogens with one attached hydrogen (secondary N) is 1. The van der Waals surface area contributed by atoms with Crippen LogP contribution in [0.1, 0.15) is 39.8 Å². The van der Waals surface area contributed by atoms with Gasteiger partial charge in [0.05, 0.1) is 22.8 Å². The minimum Gasteiger partial charge on any atom is -0.444 e. The zero-order chi connectivity index (χ0) is 19.6. The molecule has 1 unspecified atom stereocenters. The number of hydrogen-bond acceptors (Lipinski definition) is 5. The van der Waals surface area contributed by atoms with Crippen molar-refractivity contribution < 1.29 is 9.21 Å². The lowest BCUT2D eigenvalue weighted by atomic mass is 9.97. The Bertz CT molecular complexity index is 1120. The number of amides is 1. The highest BCUT2D eigenvalue weighted by atomic mass is 32.1. The van der Waals surface area contributed by atoms with Gasteiger partial charge in [-0.25, -0.2) is 9.97 Å². The zero-order valence-electron chi connectivity index (χ0n) is 15.7. The Morgan fingerprint density at radius 1 is 1.07 bits per heavy atom. The Balaban J connectivity index is 1.35. The third-order valence-electron chi connectivity index (χ3n) is 5.14. The van der Waals surface area contributed by atoms with Crippen LogP contribution in [0.15, 0.2) is 71.6 Å². The van der Waals surface area contributed by atoms with Crippen molar-refractivity contribution >= 4 is 17.2 Å². The van der Waals surface area contributed by atoms with Gasteiger partial charge in [-0.05, 0) is 31.4 Å². The molecule has 29 heavy (non-hydrogen) atoms. The van der Waals surface area contributed by atoms with Crippen LogP contribution in [0.4, 0.5) is 0 Å². The number of rotatable bonds is 4. The predicted molar refractivity (Wildman–Crippen MR) is 113 cm³/mol. The fraction of sp³-hybridized carbons (Fsp3) is 0.174. The van der Waals surface area contributed by atoms with Gasteiger partial charge in [-0.15, -0.1) is 11.3 Å². The van der Waals surface area contributed by atoms with Gasteiger partial charge in [-0.1, -0.05) is 42.5 Å². The van der Waals surface area contributed by atoms with Gasteiger partial charge in [0.2, 0.25) is 0 Å². The van der Waals surface area contributed by atoms with Gasteiger partial charge in [-0.3, -0.25) is 4.79 Å². The maximum absolute atomic E-state index is 12.8. The number of nitrogens with zero attached hydrogens (tertiary/aromatic N) is 2. The van der Waals surface area contributed by atoms with Crippen molar-refractivity contribution in [1.82, 2.24) is 15.3 Å². The van der Waals surface area contributed by atoms with Crippen molar-refractivity contribution in [2.24, 2.45) is 0 Å². The molecule has 0 spiro atoms. The molecule has 0 bridgehead atoms. The molecule has 2 aromatic heterocycles. The average molecular weight is 401 g/mol. The van der Waals surface area contributed by atoms with Crippen LogP contribution in [0.2, 0.25) is 0 Å². The number of benzene rings is 2. The van der Waals surface area contributed by atoms with Crippen molar-refractivity contribution in [3.63, 3.8) is 0 Å². The summed E-state index contributed by atoms with van der Waals surface area (Å²) in [5.41, 5.74) is 3.77. The lowest BCUT2D eigenvalue weighted by molar-refractivity contribution is 0.0933. The Morgan fingerprint density at radius 2 is 1.90 bits per heavy atom. The molecule has 1 aliphatic rings. The molecule has 0 aliphatic heterocycles. The van der Waals surface area contributed by atoms with Gasteiger partial charge >= 0.3 is 0 Å². The van der Waals surface area contributed by atoms with Crippen LogP contribution in [0.3, 0.4) is 0 Å². The van der Waals surface area contributed by atoms with E-state index < -0.39 is 0 Å². The molecule has 1 N–H and O–H groups in total. The minimum atomic E-state index is -0.0679. The topological polar surface area (TPSA) is 68.0 Å². The summed E-state index contributed by atoms with van der Waals surface area (Å²) in [6.07, 6.45) is 5.99. The zero-order valence-corrected chi connectivity index (χ0v) is 16.5. The minimum absolute atomic E-state index is 0.00941. The first-order valence-corrected chi connectivity index (χ1v) is 10.4.